The van der Waals surface area contributed by atoms with Crippen molar-refractivity contribution >= 4 is 18.8 Å². The van der Waals surface area contributed by atoms with Gasteiger partial charge in [-0.05, 0) is 37.8 Å². The number of carbonyl (C=O) groups excluding carboxylic acids is 1. The highest BCUT2D eigenvalue weighted by Crippen LogP contribution is 2.27. The van der Waals surface area contributed by atoms with Gasteiger partial charge in [-0.25, -0.2) is 4.79 Å². The van der Waals surface area contributed by atoms with Gasteiger partial charge in [0.25, 0.3) is 0 Å². The van der Waals surface area contributed by atoms with Crippen LogP contribution in [0.3, 0.4) is 0 Å². The second-order valence-electron chi connectivity index (χ2n) is 7.11. The highest BCUT2D eigenvalue weighted by molar-refractivity contribution is 6.45. The molecule has 0 aromatic heterocycles. The summed E-state index contributed by atoms with van der Waals surface area (Å²) in [5.41, 5.74) is 2.78. The summed E-state index contributed by atoms with van der Waals surface area (Å²) in [4.78, 5) is 14.7. The maximum Gasteiger partial charge on any atom is 0.411 e. The number of carbonyl (C=O) groups is 1. The van der Waals surface area contributed by atoms with Gasteiger partial charge in [0.1, 0.15) is 6.10 Å². The average Bonchev–Trinajstić information content (AvgIpc) is 2.70. The molecule has 148 valence electrons. The fourth-order valence-electron chi connectivity index (χ4n) is 3.43. The first-order chi connectivity index (χ1) is 13.6. The summed E-state index contributed by atoms with van der Waals surface area (Å²) in [5.74, 6) is 0. The van der Waals surface area contributed by atoms with Gasteiger partial charge < -0.3 is 19.9 Å². The Morgan fingerprint density at radius 2 is 1.82 bits per heavy atom. The van der Waals surface area contributed by atoms with E-state index in [1.54, 1.807) is 6.82 Å². The second-order valence-corrected chi connectivity index (χ2v) is 7.11. The Morgan fingerprint density at radius 3 is 2.54 bits per heavy atom. The Balaban J connectivity index is 1.48. The van der Waals surface area contributed by atoms with Crippen LogP contribution in [0.1, 0.15) is 12.8 Å². The van der Waals surface area contributed by atoms with Crippen molar-refractivity contribution in [1.29, 1.82) is 0 Å². The molecule has 1 aliphatic heterocycles. The molecular formula is C21H28BN3O3. The van der Waals surface area contributed by atoms with Crippen LogP contribution in [0.25, 0.3) is 11.1 Å². The molecule has 0 radical (unpaired) electrons. The first-order valence-corrected chi connectivity index (χ1v) is 9.87. The number of nitrogens with one attached hydrogen (secondary N) is 2. The number of hydrogen-bond acceptors (Lipinski definition) is 5. The Hall–Kier alpha value is -2.35. The SMILES string of the molecule is CB(O)NCCN1CCC(OC(=O)Nc2ccccc2-c2ccccc2)CC1. The molecule has 0 aliphatic carbocycles. The summed E-state index contributed by atoms with van der Waals surface area (Å²) >= 11 is 0. The minimum Gasteiger partial charge on any atom is -0.446 e. The number of para-hydroxylation sites is 1. The first kappa shape index (κ1) is 20.4. The predicted octanol–water partition coefficient (Wildman–Crippen LogP) is 3.07. The summed E-state index contributed by atoms with van der Waals surface area (Å²) in [6.45, 7) is 5.13. The molecule has 3 rings (SSSR count). The van der Waals surface area contributed by atoms with Crippen LogP contribution in [0, 0.1) is 0 Å². The van der Waals surface area contributed by atoms with E-state index in [1.165, 1.54) is 0 Å². The van der Waals surface area contributed by atoms with Gasteiger partial charge in [0, 0.05) is 25.2 Å². The molecule has 0 unspecified atom stereocenters. The summed E-state index contributed by atoms with van der Waals surface area (Å²) in [5, 5.41) is 15.1. The molecular weight excluding hydrogens is 353 g/mol. The predicted molar refractivity (Wildman–Crippen MR) is 113 cm³/mol. The van der Waals surface area contributed by atoms with Crippen molar-refractivity contribution in [2.75, 3.05) is 31.5 Å². The molecule has 0 saturated carbocycles. The van der Waals surface area contributed by atoms with Crippen LogP contribution in [0.4, 0.5) is 10.5 Å². The van der Waals surface area contributed by atoms with Crippen molar-refractivity contribution in [2.45, 2.75) is 25.8 Å². The quantitative estimate of drug-likeness (QED) is 0.643. The molecule has 2 aromatic carbocycles. The molecule has 1 heterocycles. The van der Waals surface area contributed by atoms with Gasteiger partial charge in [0.05, 0.1) is 5.69 Å². The molecule has 7 heteroatoms. The van der Waals surface area contributed by atoms with Crippen LogP contribution in [0.15, 0.2) is 54.6 Å². The number of benzene rings is 2. The molecule has 0 atom stereocenters. The van der Waals surface area contributed by atoms with E-state index in [0.717, 1.165) is 55.8 Å². The molecule has 1 amide bonds. The topological polar surface area (TPSA) is 73.8 Å². The van der Waals surface area contributed by atoms with Gasteiger partial charge in [0.15, 0.2) is 0 Å². The third kappa shape index (κ3) is 6.09. The second kappa shape index (κ2) is 10.3. The summed E-state index contributed by atoms with van der Waals surface area (Å²) < 4.78 is 5.64. The van der Waals surface area contributed by atoms with Crippen molar-refractivity contribution in [2.24, 2.45) is 0 Å². The van der Waals surface area contributed by atoms with E-state index >= 15 is 0 Å². The van der Waals surface area contributed by atoms with Gasteiger partial charge in [-0.2, -0.15) is 0 Å². The molecule has 6 nitrogen and oxygen atoms in total. The van der Waals surface area contributed by atoms with Gasteiger partial charge in [-0.15, -0.1) is 0 Å². The lowest BCUT2D eigenvalue weighted by atomic mass is 9.89. The number of piperidine rings is 1. The fourth-order valence-corrected chi connectivity index (χ4v) is 3.43. The van der Waals surface area contributed by atoms with E-state index in [2.05, 4.69) is 15.4 Å². The molecule has 1 saturated heterocycles. The number of anilines is 1. The molecule has 2 aromatic rings. The Morgan fingerprint density at radius 1 is 1.14 bits per heavy atom. The number of likely N-dealkylation sites (tertiary alicyclic amines) is 1. The van der Waals surface area contributed by atoms with Gasteiger partial charge in [-0.3, -0.25) is 5.32 Å². The minimum absolute atomic E-state index is 0.0649. The van der Waals surface area contributed by atoms with Crippen molar-refractivity contribution in [1.82, 2.24) is 10.1 Å². The van der Waals surface area contributed by atoms with E-state index in [0.29, 0.717) is 0 Å². The average molecular weight is 381 g/mol. The molecule has 1 fully saturated rings. The standard InChI is InChI=1S/C21H28BN3O3/c1-22(27)23-13-16-25-14-11-18(12-15-25)28-21(26)24-20-10-6-5-9-19(20)17-7-3-2-4-8-17/h2-10,18,23,27H,11-16H2,1H3,(H,24,26). The Kier molecular flexibility index (Phi) is 7.48. The summed E-state index contributed by atoms with van der Waals surface area (Å²) in [7, 11) is -0.483. The van der Waals surface area contributed by atoms with Crippen molar-refractivity contribution < 1.29 is 14.6 Å². The third-order valence-corrected chi connectivity index (χ3v) is 4.92. The molecule has 3 N–H and O–H groups in total. The van der Waals surface area contributed by atoms with E-state index in [4.69, 9.17) is 4.74 Å². The lowest BCUT2D eigenvalue weighted by Crippen LogP contribution is -2.43. The van der Waals surface area contributed by atoms with E-state index < -0.39 is 13.1 Å². The monoisotopic (exact) mass is 381 g/mol. The van der Waals surface area contributed by atoms with Crippen LogP contribution < -0.4 is 10.5 Å². The largest absolute Gasteiger partial charge is 0.446 e. The zero-order chi connectivity index (χ0) is 19.8. The Bertz CT molecular complexity index is 750. The molecule has 28 heavy (non-hydrogen) atoms. The smallest absolute Gasteiger partial charge is 0.411 e. The van der Waals surface area contributed by atoms with Gasteiger partial charge in [-0.1, -0.05) is 48.5 Å². The first-order valence-electron chi connectivity index (χ1n) is 9.87. The summed E-state index contributed by atoms with van der Waals surface area (Å²) in [6, 6.07) is 17.7. The number of hydrogen-bond donors (Lipinski definition) is 3. The van der Waals surface area contributed by atoms with Crippen LogP contribution in [0.5, 0.6) is 0 Å². The highest BCUT2D eigenvalue weighted by Gasteiger charge is 2.22. The number of rotatable bonds is 7. The van der Waals surface area contributed by atoms with Crippen molar-refractivity contribution in [3.05, 3.63) is 54.6 Å². The van der Waals surface area contributed by atoms with E-state index in [1.807, 2.05) is 54.6 Å². The number of ether oxygens (including phenoxy) is 1. The lowest BCUT2D eigenvalue weighted by molar-refractivity contribution is 0.0595. The third-order valence-electron chi connectivity index (χ3n) is 4.92. The maximum absolute atomic E-state index is 12.4. The lowest BCUT2D eigenvalue weighted by Gasteiger charge is -2.31. The van der Waals surface area contributed by atoms with Crippen LogP contribution in [0.2, 0.25) is 6.82 Å². The molecule has 0 spiro atoms. The van der Waals surface area contributed by atoms with Gasteiger partial charge in [0.2, 0.25) is 0 Å². The van der Waals surface area contributed by atoms with Crippen LogP contribution in [-0.2, 0) is 4.74 Å². The Labute approximate surface area is 167 Å². The van der Waals surface area contributed by atoms with E-state index in [-0.39, 0.29) is 6.10 Å². The number of amides is 1. The number of nitrogens with zero attached hydrogens (tertiary/aromatic N) is 1. The van der Waals surface area contributed by atoms with Gasteiger partial charge >= 0.3 is 13.1 Å². The van der Waals surface area contributed by atoms with Crippen LogP contribution >= 0.6 is 0 Å². The highest BCUT2D eigenvalue weighted by atomic mass is 16.6. The van der Waals surface area contributed by atoms with E-state index in [9.17, 15) is 9.82 Å². The van der Waals surface area contributed by atoms with Crippen LogP contribution in [-0.4, -0.2) is 55.4 Å². The fraction of sp³-hybridized carbons (Fsp3) is 0.381. The molecule has 0 bridgehead atoms. The van der Waals surface area contributed by atoms with Crippen molar-refractivity contribution in [3.8, 4) is 11.1 Å². The minimum atomic E-state index is -0.483. The zero-order valence-corrected chi connectivity index (χ0v) is 16.3. The normalized spacial score (nSPS) is 15.2. The maximum atomic E-state index is 12.4. The zero-order valence-electron chi connectivity index (χ0n) is 16.3. The summed E-state index contributed by atoms with van der Waals surface area (Å²) in [6.07, 6.45) is 1.17. The molecule has 1 aliphatic rings. The van der Waals surface area contributed by atoms with Crippen molar-refractivity contribution in [3.63, 3.8) is 0 Å².